The molecule has 8 heteroatoms. The van der Waals surface area contributed by atoms with Crippen LogP contribution in [0.25, 0.3) is 0 Å². The third-order valence-corrected chi connectivity index (χ3v) is 2.34. The van der Waals surface area contributed by atoms with E-state index in [9.17, 15) is 22.4 Å². The lowest BCUT2D eigenvalue weighted by atomic mass is 10.2. The van der Waals surface area contributed by atoms with Crippen molar-refractivity contribution in [2.24, 2.45) is 7.05 Å². The number of carbonyl (C=O) groups is 1. The van der Waals surface area contributed by atoms with Crippen molar-refractivity contribution >= 4 is 5.91 Å². The average Bonchev–Trinajstić information content (AvgIpc) is 2.66. The van der Waals surface area contributed by atoms with Crippen molar-refractivity contribution in [2.75, 3.05) is 0 Å². The fourth-order valence-electron chi connectivity index (χ4n) is 1.42. The van der Waals surface area contributed by atoms with Crippen molar-refractivity contribution in [1.29, 1.82) is 0 Å². The van der Waals surface area contributed by atoms with E-state index in [1.165, 1.54) is 4.68 Å². The van der Waals surface area contributed by atoms with Gasteiger partial charge in [0.15, 0.2) is 0 Å². The van der Waals surface area contributed by atoms with Crippen LogP contribution in [0.4, 0.5) is 17.6 Å². The molecule has 0 saturated carbocycles. The summed E-state index contributed by atoms with van der Waals surface area (Å²) in [6.45, 7) is 1.56. The quantitative estimate of drug-likeness (QED) is 0.822. The molecular weight excluding hydrogens is 254 g/mol. The number of alkyl halides is 4. The van der Waals surface area contributed by atoms with Gasteiger partial charge in [0.1, 0.15) is 0 Å². The van der Waals surface area contributed by atoms with Gasteiger partial charge in [0.2, 0.25) is 0 Å². The van der Waals surface area contributed by atoms with Crippen LogP contribution < -0.4 is 5.32 Å². The third-order valence-electron chi connectivity index (χ3n) is 2.34. The van der Waals surface area contributed by atoms with Gasteiger partial charge in [-0.15, -0.1) is 0 Å². The summed E-state index contributed by atoms with van der Waals surface area (Å²) in [4.78, 5) is 10.9. The number of rotatable bonds is 5. The molecule has 18 heavy (non-hydrogen) atoms. The molecule has 0 saturated heterocycles. The van der Waals surface area contributed by atoms with Crippen molar-refractivity contribution < 1.29 is 22.4 Å². The number of nitrogens with zero attached hydrogens (tertiary/aromatic N) is 2. The minimum absolute atomic E-state index is 0.252. The van der Waals surface area contributed by atoms with Crippen LogP contribution in [0, 0.1) is 0 Å². The summed E-state index contributed by atoms with van der Waals surface area (Å²) in [5.41, 5.74) is 1.15. The van der Waals surface area contributed by atoms with Crippen molar-refractivity contribution in [1.82, 2.24) is 15.1 Å². The largest absolute Gasteiger partial charge is 0.383 e. The molecule has 0 spiro atoms. The van der Waals surface area contributed by atoms with E-state index in [-0.39, 0.29) is 6.54 Å². The van der Waals surface area contributed by atoms with Gasteiger partial charge in [0.25, 0.3) is 5.91 Å². The van der Waals surface area contributed by atoms with Crippen molar-refractivity contribution in [2.45, 2.75) is 32.2 Å². The van der Waals surface area contributed by atoms with Gasteiger partial charge in [0, 0.05) is 25.4 Å². The van der Waals surface area contributed by atoms with Gasteiger partial charge in [-0.1, -0.05) is 6.92 Å². The monoisotopic (exact) mass is 267 g/mol. The zero-order valence-corrected chi connectivity index (χ0v) is 9.88. The maximum absolute atomic E-state index is 12.6. The minimum atomic E-state index is -4.67. The Kier molecular flexibility index (Phi) is 4.31. The van der Waals surface area contributed by atoms with E-state index in [1.54, 1.807) is 25.5 Å². The number of aromatic nitrogens is 2. The van der Waals surface area contributed by atoms with E-state index < -0.39 is 18.3 Å². The van der Waals surface area contributed by atoms with Crippen LogP contribution in [0.1, 0.15) is 18.2 Å². The zero-order chi connectivity index (χ0) is 13.9. The second-order valence-corrected chi connectivity index (χ2v) is 3.73. The Balaban J connectivity index is 2.68. The second kappa shape index (κ2) is 5.36. The Morgan fingerprint density at radius 3 is 2.67 bits per heavy atom. The molecule has 0 aliphatic rings. The van der Waals surface area contributed by atoms with Crippen LogP contribution in [0.2, 0.25) is 0 Å². The molecular formula is C10H13F4N3O. The van der Waals surface area contributed by atoms with Gasteiger partial charge < -0.3 is 5.32 Å². The number of carbonyl (C=O) groups excluding carboxylic acids is 1. The third kappa shape index (κ3) is 2.99. The van der Waals surface area contributed by atoms with Crippen LogP contribution in [0.3, 0.4) is 0 Å². The van der Waals surface area contributed by atoms with E-state index in [4.69, 9.17) is 0 Å². The first-order chi connectivity index (χ1) is 8.28. The molecule has 1 heterocycles. The molecule has 0 unspecified atom stereocenters. The van der Waals surface area contributed by atoms with Gasteiger partial charge in [-0.2, -0.15) is 13.9 Å². The van der Waals surface area contributed by atoms with Crippen LogP contribution in [-0.4, -0.2) is 28.0 Å². The molecule has 0 atom stereocenters. The summed E-state index contributed by atoms with van der Waals surface area (Å²) in [6.07, 6.45) is -1.92. The van der Waals surface area contributed by atoms with E-state index in [1.807, 2.05) is 0 Å². The molecule has 1 aromatic heterocycles. The Labute approximate surface area is 101 Å². The molecule has 1 amide bonds. The van der Waals surface area contributed by atoms with Crippen molar-refractivity contribution in [3.8, 4) is 0 Å². The molecule has 0 aliphatic heterocycles. The number of hydrogen-bond acceptors (Lipinski definition) is 2. The lowest BCUT2D eigenvalue weighted by Crippen LogP contribution is -2.44. The molecule has 0 fully saturated rings. The first-order valence-electron chi connectivity index (χ1n) is 5.24. The van der Waals surface area contributed by atoms with Crippen LogP contribution >= 0.6 is 0 Å². The van der Waals surface area contributed by atoms with E-state index in [0.717, 1.165) is 0 Å². The Bertz CT molecular complexity index is 431. The number of halogens is 4. The van der Waals surface area contributed by atoms with Crippen LogP contribution in [0.15, 0.2) is 6.20 Å². The van der Waals surface area contributed by atoms with Crippen molar-refractivity contribution in [3.05, 3.63) is 17.5 Å². The molecule has 0 aromatic carbocycles. The zero-order valence-electron chi connectivity index (χ0n) is 9.88. The van der Waals surface area contributed by atoms with Gasteiger partial charge in [0.05, 0.1) is 5.69 Å². The molecule has 1 rings (SSSR count). The fraction of sp³-hybridized carbons (Fsp3) is 0.600. The molecule has 0 aliphatic carbocycles. The SMILES string of the molecule is CCc1nn(C)cc1CNC(=O)C(F)(F)C(F)F. The summed E-state index contributed by atoms with van der Waals surface area (Å²) in [6, 6.07) is 0. The number of aryl methyl sites for hydroxylation is 2. The predicted octanol–water partition coefficient (Wildman–Crippen LogP) is 1.50. The first-order valence-corrected chi connectivity index (χ1v) is 5.24. The highest BCUT2D eigenvalue weighted by Crippen LogP contribution is 2.23. The Morgan fingerprint density at radius 1 is 1.56 bits per heavy atom. The lowest BCUT2D eigenvalue weighted by Gasteiger charge is -2.14. The van der Waals surface area contributed by atoms with E-state index >= 15 is 0 Å². The normalized spacial score (nSPS) is 11.9. The van der Waals surface area contributed by atoms with E-state index in [2.05, 4.69) is 5.10 Å². The molecule has 102 valence electrons. The summed E-state index contributed by atoms with van der Waals surface area (Å²) in [7, 11) is 1.64. The first kappa shape index (κ1) is 14.5. The molecule has 4 nitrogen and oxygen atoms in total. The maximum Gasteiger partial charge on any atom is 0.383 e. The van der Waals surface area contributed by atoms with Crippen molar-refractivity contribution in [3.63, 3.8) is 0 Å². The fourth-order valence-corrected chi connectivity index (χ4v) is 1.42. The van der Waals surface area contributed by atoms with Gasteiger partial charge >= 0.3 is 12.3 Å². The standard InChI is InChI=1S/C10H13F4N3O/c1-3-7-6(5-17(2)16-7)4-15-9(18)10(13,14)8(11)12/h5,8H,3-4H2,1-2H3,(H,15,18). The molecule has 0 radical (unpaired) electrons. The van der Waals surface area contributed by atoms with Gasteiger partial charge in [-0.05, 0) is 6.42 Å². The number of nitrogens with one attached hydrogen (secondary N) is 1. The van der Waals surface area contributed by atoms with Crippen LogP contribution in [0.5, 0.6) is 0 Å². The molecule has 1 N–H and O–H groups in total. The molecule has 0 bridgehead atoms. The predicted molar refractivity (Wildman–Crippen MR) is 55.4 cm³/mol. The Morgan fingerprint density at radius 2 is 2.17 bits per heavy atom. The number of amides is 1. The lowest BCUT2D eigenvalue weighted by molar-refractivity contribution is -0.169. The summed E-state index contributed by atoms with van der Waals surface area (Å²) < 4.78 is 50.6. The molecule has 1 aromatic rings. The number of hydrogen-bond donors (Lipinski definition) is 1. The summed E-state index contributed by atoms with van der Waals surface area (Å²) in [5, 5.41) is 5.82. The summed E-state index contributed by atoms with van der Waals surface area (Å²) in [5.74, 6) is -6.65. The van der Waals surface area contributed by atoms with E-state index in [0.29, 0.717) is 17.7 Å². The maximum atomic E-state index is 12.6. The highest BCUT2D eigenvalue weighted by molar-refractivity contribution is 5.83. The Hall–Kier alpha value is -1.60. The second-order valence-electron chi connectivity index (χ2n) is 3.73. The highest BCUT2D eigenvalue weighted by atomic mass is 19.3. The average molecular weight is 267 g/mol. The minimum Gasteiger partial charge on any atom is -0.346 e. The van der Waals surface area contributed by atoms with Crippen LogP contribution in [-0.2, 0) is 24.8 Å². The van der Waals surface area contributed by atoms with Gasteiger partial charge in [-0.25, -0.2) is 8.78 Å². The van der Waals surface area contributed by atoms with Gasteiger partial charge in [-0.3, -0.25) is 9.48 Å². The highest BCUT2D eigenvalue weighted by Gasteiger charge is 2.48. The smallest absolute Gasteiger partial charge is 0.346 e. The topological polar surface area (TPSA) is 46.9 Å². The summed E-state index contributed by atoms with van der Waals surface area (Å²) >= 11 is 0.